The number of carbonyl (C=O) groups excluding carboxylic acids is 1. The van der Waals surface area contributed by atoms with Crippen molar-refractivity contribution >= 4 is 5.78 Å². The van der Waals surface area contributed by atoms with Crippen LogP contribution in [0.2, 0.25) is 0 Å². The summed E-state index contributed by atoms with van der Waals surface area (Å²) in [5.74, 6) is 1.06. The van der Waals surface area contributed by atoms with Crippen molar-refractivity contribution in [3.8, 4) is 0 Å². The number of allylic oxidation sites excluding steroid dienone is 4. The van der Waals surface area contributed by atoms with E-state index in [9.17, 15) is 4.79 Å². The molecule has 0 spiro atoms. The van der Waals surface area contributed by atoms with E-state index in [1.165, 1.54) is 5.56 Å². The maximum atomic E-state index is 11.9. The van der Waals surface area contributed by atoms with E-state index in [1.54, 1.807) is 0 Å². The first-order valence-corrected chi connectivity index (χ1v) is 5.81. The fraction of sp³-hybridized carbons (Fsp3) is 0.267. The van der Waals surface area contributed by atoms with Gasteiger partial charge in [-0.05, 0) is 24.0 Å². The topological polar surface area (TPSA) is 17.1 Å². The number of rotatable bonds is 2. The van der Waals surface area contributed by atoms with Gasteiger partial charge in [-0.3, -0.25) is 4.79 Å². The summed E-state index contributed by atoms with van der Waals surface area (Å²) in [5, 5.41) is 0. The van der Waals surface area contributed by atoms with E-state index in [-0.39, 0.29) is 5.92 Å². The fourth-order valence-corrected chi connectivity index (χ4v) is 2.70. The molecule has 0 radical (unpaired) electrons. The third-order valence-corrected chi connectivity index (χ3v) is 3.61. The van der Waals surface area contributed by atoms with Crippen molar-refractivity contribution < 1.29 is 4.79 Å². The van der Waals surface area contributed by atoms with E-state index in [2.05, 4.69) is 18.2 Å². The molecule has 2 atom stereocenters. The Morgan fingerprint density at radius 1 is 1.19 bits per heavy atom. The van der Waals surface area contributed by atoms with Crippen molar-refractivity contribution in [3.63, 3.8) is 0 Å². The molecule has 0 N–H and O–H groups in total. The van der Waals surface area contributed by atoms with Crippen molar-refractivity contribution in [1.82, 2.24) is 0 Å². The van der Waals surface area contributed by atoms with Gasteiger partial charge in [-0.15, -0.1) is 0 Å². The van der Waals surface area contributed by atoms with Crippen LogP contribution in [-0.4, -0.2) is 5.78 Å². The standard InChI is InChI=1S/C15H14O/c16-15-13-9-5-4-8-12(13)14(15)10-11-6-2-1-3-7-11/h1-7,9,12,14H,8,10H2. The Labute approximate surface area is 95.5 Å². The van der Waals surface area contributed by atoms with E-state index in [0.717, 1.165) is 18.4 Å². The molecule has 0 aliphatic heterocycles. The molecule has 1 fully saturated rings. The summed E-state index contributed by atoms with van der Waals surface area (Å²) in [6.45, 7) is 0. The van der Waals surface area contributed by atoms with Crippen molar-refractivity contribution in [2.45, 2.75) is 12.8 Å². The molecule has 2 aliphatic carbocycles. The second-order valence-corrected chi connectivity index (χ2v) is 4.55. The van der Waals surface area contributed by atoms with E-state index >= 15 is 0 Å². The summed E-state index contributed by atoms with van der Waals surface area (Å²) in [7, 11) is 0. The molecule has 1 aromatic rings. The molecular weight excluding hydrogens is 196 g/mol. The lowest BCUT2D eigenvalue weighted by molar-refractivity contribution is -0.126. The number of benzene rings is 1. The van der Waals surface area contributed by atoms with Gasteiger partial charge in [0, 0.05) is 11.8 Å². The van der Waals surface area contributed by atoms with Gasteiger partial charge in [0.1, 0.15) is 0 Å². The van der Waals surface area contributed by atoms with E-state index < -0.39 is 0 Å². The van der Waals surface area contributed by atoms with Crippen LogP contribution >= 0.6 is 0 Å². The van der Waals surface area contributed by atoms with Crippen LogP contribution in [0.5, 0.6) is 0 Å². The van der Waals surface area contributed by atoms with Crippen LogP contribution in [-0.2, 0) is 11.2 Å². The third kappa shape index (κ3) is 1.44. The quantitative estimate of drug-likeness (QED) is 0.733. The molecule has 2 aliphatic rings. The number of hydrogen-bond donors (Lipinski definition) is 0. The summed E-state index contributed by atoms with van der Waals surface area (Å²) in [6, 6.07) is 10.3. The fourth-order valence-electron chi connectivity index (χ4n) is 2.70. The number of hydrogen-bond acceptors (Lipinski definition) is 1. The second kappa shape index (κ2) is 3.75. The van der Waals surface area contributed by atoms with E-state index in [1.807, 2.05) is 30.4 Å². The molecule has 0 bridgehead atoms. The molecule has 16 heavy (non-hydrogen) atoms. The predicted octanol–water partition coefficient (Wildman–Crippen LogP) is 2.93. The van der Waals surface area contributed by atoms with Crippen LogP contribution in [0.3, 0.4) is 0 Å². The Balaban J connectivity index is 1.77. The third-order valence-electron chi connectivity index (χ3n) is 3.61. The predicted molar refractivity (Wildman–Crippen MR) is 64.0 cm³/mol. The van der Waals surface area contributed by atoms with Gasteiger partial charge in [-0.2, -0.15) is 0 Å². The first-order valence-electron chi connectivity index (χ1n) is 5.81. The van der Waals surface area contributed by atoms with Crippen LogP contribution in [0, 0.1) is 11.8 Å². The normalized spacial score (nSPS) is 27.0. The molecule has 1 aromatic carbocycles. The van der Waals surface area contributed by atoms with Crippen LogP contribution in [0.25, 0.3) is 0 Å². The highest BCUT2D eigenvalue weighted by Crippen LogP contribution is 2.42. The average molecular weight is 210 g/mol. The van der Waals surface area contributed by atoms with Gasteiger partial charge in [-0.25, -0.2) is 0 Å². The molecule has 1 heteroatoms. The van der Waals surface area contributed by atoms with Gasteiger partial charge in [-0.1, -0.05) is 48.6 Å². The summed E-state index contributed by atoms with van der Waals surface area (Å²) in [5.41, 5.74) is 2.32. The molecule has 0 saturated heterocycles. The lowest BCUT2D eigenvalue weighted by Crippen LogP contribution is -2.42. The van der Waals surface area contributed by atoms with E-state index in [4.69, 9.17) is 0 Å². The smallest absolute Gasteiger partial charge is 0.163 e. The highest BCUT2D eigenvalue weighted by atomic mass is 16.1. The van der Waals surface area contributed by atoms with Crippen molar-refractivity contribution in [1.29, 1.82) is 0 Å². The molecule has 2 unspecified atom stereocenters. The zero-order valence-corrected chi connectivity index (χ0v) is 9.10. The van der Waals surface area contributed by atoms with Crippen molar-refractivity contribution in [2.24, 2.45) is 11.8 Å². The zero-order chi connectivity index (χ0) is 11.0. The maximum Gasteiger partial charge on any atom is 0.163 e. The summed E-state index contributed by atoms with van der Waals surface area (Å²) < 4.78 is 0. The van der Waals surface area contributed by atoms with Crippen molar-refractivity contribution in [3.05, 3.63) is 59.7 Å². The van der Waals surface area contributed by atoms with Gasteiger partial charge >= 0.3 is 0 Å². The monoisotopic (exact) mass is 210 g/mol. The number of Topliss-reactive ketones (excluding diaryl/α,β-unsaturated/α-hetero) is 1. The molecule has 0 aromatic heterocycles. The van der Waals surface area contributed by atoms with Gasteiger partial charge in [0.25, 0.3) is 0 Å². The minimum atomic E-state index is 0.221. The van der Waals surface area contributed by atoms with Crippen LogP contribution in [0.1, 0.15) is 12.0 Å². The summed E-state index contributed by atoms with van der Waals surface area (Å²) in [4.78, 5) is 11.9. The minimum absolute atomic E-state index is 0.221. The SMILES string of the molecule is O=C1C2=CC=CCC2C1Cc1ccccc1. The zero-order valence-electron chi connectivity index (χ0n) is 9.10. The molecule has 3 rings (SSSR count). The largest absolute Gasteiger partial charge is 0.294 e. The minimum Gasteiger partial charge on any atom is -0.294 e. The van der Waals surface area contributed by atoms with Crippen LogP contribution in [0.4, 0.5) is 0 Å². The Kier molecular flexibility index (Phi) is 2.24. The van der Waals surface area contributed by atoms with Gasteiger partial charge in [0.05, 0.1) is 0 Å². The Hall–Kier alpha value is -1.63. The maximum absolute atomic E-state index is 11.9. The van der Waals surface area contributed by atoms with Crippen LogP contribution in [0.15, 0.2) is 54.1 Å². The molecule has 1 saturated carbocycles. The van der Waals surface area contributed by atoms with Gasteiger partial charge in [0.15, 0.2) is 5.78 Å². The molecular formula is C15H14O. The number of carbonyl (C=O) groups is 1. The Bertz CT molecular complexity index is 467. The average Bonchev–Trinajstić information content (AvgIpc) is 2.37. The first kappa shape index (κ1) is 9.59. The molecule has 0 heterocycles. The van der Waals surface area contributed by atoms with Crippen LogP contribution < -0.4 is 0 Å². The van der Waals surface area contributed by atoms with Crippen molar-refractivity contribution in [2.75, 3.05) is 0 Å². The second-order valence-electron chi connectivity index (χ2n) is 4.55. The Morgan fingerprint density at radius 3 is 2.81 bits per heavy atom. The highest BCUT2D eigenvalue weighted by molar-refractivity contribution is 6.05. The lowest BCUT2D eigenvalue weighted by atomic mass is 9.63. The highest BCUT2D eigenvalue weighted by Gasteiger charge is 2.43. The molecule has 0 amide bonds. The first-order chi connectivity index (χ1) is 7.86. The summed E-state index contributed by atoms with van der Waals surface area (Å²) >= 11 is 0. The van der Waals surface area contributed by atoms with Gasteiger partial charge in [0.2, 0.25) is 0 Å². The summed E-state index contributed by atoms with van der Waals surface area (Å²) in [6.07, 6.45) is 8.09. The molecule has 80 valence electrons. The van der Waals surface area contributed by atoms with Gasteiger partial charge < -0.3 is 0 Å². The lowest BCUT2D eigenvalue weighted by Gasteiger charge is -2.39. The molecule has 1 nitrogen and oxygen atoms in total. The van der Waals surface area contributed by atoms with E-state index in [0.29, 0.717) is 11.7 Å². The Morgan fingerprint density at radius 2 is 2.00 bits per heavy atom. The number of fused-ring (bicyclic) bond motifs is 1. The number of ketones is 1.